The number of ether oxygens (including phenoxy) is 1. The average Bonchev–Trinajstić information content (AvgIpc) is 2.58. The average molecular weight is 351 g/mol. The molecule has 0 aliphatic rings. The summed E-state index contributed by atoms with van der Waals surface area (Å²) < 4.78 is 59.5. The van der Waals surface area contributed by atoms with Gasteiger partial charge >= 0.3 is 5.97 Å². The van der Waals surface area contributed by atoms with E-state index in [1.54, 1.807) is 0 Å². The van der Waals surface area contributed by atoms with Gasteiger partial charge in [0, 0.05) is 11.5 Å². The van der Waals surface area contributed by atoms with Gasteiger partial charge in [0.25, 0.3) is 0 Å². The summed E-state index contributed by atoms with van der Waals surface area (Å²) in [6, 6.07) is 7.65. The van der Waals surface area contributed by atoms with Crippen molar-refractivity contribution in [2.45, 2.75) is 18.3 Å². The summed E-state index contributed by atoms with van der Waals surface area (Å²) >= 11 is 0. The Morgan fingerprint density at radius 2 is 1.72 bits per heavy atom. The molecule has 2 rings (SSSR count). The van der Waals surface area contributed by atoms with E-state index >= 15 is 0 Å². The van der Waals surface area contributed by atoms with Crippen LogP contribution in [-0.4, -0.2) is 13.1 Å². The molecule has 2 atom stereocenters. The summed E-state index contributed by atoms with van der Waals surface area (Å²) in [5.74, 6) is -7.58. The fraction of sp³-hybridized carbons (Fsp3) is 0.222. The molecule has 7 heteroatoms. The lowest BCUT2D eigenvalue weighted by Gasteiger charge is -2.23. The molecule has 0 heterocycles. The summed E-state index contributed by atoms with van der Waals surface area (Å²) in [5, 5.41) is 9.48. The van der Waals surface area contributed by atoms with Crippen LogP contribution in [0.4, 0.5) is 17.6 Å². The molecule has 3 nitrogen and oxygen atoms in total. The van der Waals surface area contributed by atoms with Crippen LogP contribution in [0.3, 0.4) is 0 Å². The minimum absolute atomic E-state index is 0.00189. The van der Waals surface area contributed by atoms with E-state index in [0.717, 1.165) is 43.5 Å². The highest BCUT2D eigenvalue weighted by Crippen LogP contribution is 2.38. The van der Waals surface area contributed by atoms with Crippen molar-refractivity contribution in [2.75, 3.05) is 7.11 Å². The van der Waals surface area contributed by atoms with E-state index in [9.17, 15) is 27.6 Å². The van der Waals surface area contributed by atoms with E-state index in [1.165, 1.54) is 0 Å². The Kier molecular flexibility index (Phi) is 5.75. The van der Waals surface area contributed by atoms with Crippen LogP contribution in [0.2, 0.25) is 0 Å². The first-order valence-corrected chi connectivity index (χ1v) is 7.24. The fourth-order valence-corrected chi connectivity index (χ4v) is 2.62. The smallest absolute Gasteiger partial charge is 0.306 e. The van der Waals surface area contributed by atoms with Crippen molar-refractivity contribution >= 4 is 5.97 Å². The number of halogens is 4. The normalized spacial score (nSPS) is 13.0. The van der Waals surface area contributed by atoms with Crippen molar-refractivity contribution in [2.24, 2.45) is 0 Å². The lowest BCUT2D eigenvalue weighted by atomic mass is 9.79. The third-order valence-corrected chi connectivity index (χ3v) is 3.83. The quantitative estimate of drug-likeness (QED) is 0.599. The van der Waals surface area contributed by atoms with E-state index in [2.05, 4.69) is 4.74 Å². The summed E-state index contributed by atoms with van der Waals surface area (Å²) in [6.45, 7) is 0. The van der Waals surface area contributed by atoms with E-state index in [4.69, 9.17) is 0 Å². The SMILES string of the molecule is COC(=O)C[C@@H](c1c(F)cccc1F)[C@@H](C#N)c1ccc(F)c(F)c1. The van der Waals surface area contributed by atoms with Crippen molar-refractivity contribution in [1.29, 1.82) is 5.26 Å². The number of nitrogens with zero attached hydrogens (tertiary/aromatic N) is 1. The monoisotopic (exact) mass is 351 g/mol. The zero-order chi connectivity index (χ0) is 18.6. The first-order chi connectivity index (χ1) is 11.9. The van der Waals surface area contributed by atoms with E-state index in [1.807, 2.05) is 6.07 Å². The number of nitriles is 1. The van der Waals surface area contributed by atoms with Crippen LogP contribution in [0.1, 0.15) is 29.4 Å². The molecule has 130 valence electrons. The molecule has 2 aromatic carbocycles. The van der Waals surface area contributed by atoms with Crippen LogP contribution >= 0.6 is 0 Å². The Hall–Kier alpha value is -2.88. The summed E-state index contributed by atoms with van der Waals surface area (Å²) in [7, 11) is 1.09. The third kappa shape index (κ3) is 3.97. The lowest BCUT2D eigenvalue weighted by Crippen LogP contribution is -2.18. The van der Waals surface area contributed by atoms with E-state index < -0.39 is 53.1 Å². The molecule has 0 N–H and O–H groups in total. The molecule has 0 spiro atoms. The summed E-state index contributed by atoms with van der Waals surface area (Å²) in [6.07, 6.45) is -0.508. The highest BCUT2D eigenvalue weighted by molar-refractivity contribution is 5.71. The number of benzene rings is 2. The lowest BCUT2D eigenvalue weighted by molar-refractivity contribution is -0.141. The molecule has 0 aromatic heterocycles. The van der Waals surface area contributed by atoms with Crippen LogP contribution < -0.4 is 0 Å². The van der Waals surface area contributed by atoms with Crippen molar-refractivity contribution in [3.63, 3.8) is 0 Å². The second-order valence-electron chi connectivity index (χ2n) is 5.30. The van der Waals surface area contributed by atoms with Gasteiger partial charge in [0.15, 0.2) is 11.6 Å². The molecular formula is C18H13F4NO2. The molecular weight excluding hydrogens is 338 g/mol. The van der Waals surface area contributed by atoms with Crippen molar-refractivity contribution in [3.8, 4) is 6.07 Å². The molecule has 25 heavy (non-hydrogen) atoms. The first-order valence-electron chi connectivity index (χ1n) is 7.24. The number of hydrogen-bond acceptors (Lipinski definition) is 3. The van der Waals surface area contributed by atoms with Crippen molar-refractivity contribution < 1.29 is 27.1 Å². The van der Waals surface area contributed by atoms with Gasteiger partial charge in [0.1, 0.15) is 11.6 Å². The van der Waals surface area contributed by atoms with Crippen LogP contribution in [0.15, 0.2) is 36.4 Å². The Morgan fingerprint density at radius 1 is 1.08 bits per heavy atom. The van der Waals surface area contributed by atoms with Crippen molar-refractivity contribution in [3.05, 3.63) is 70.8 Å². The fourth-order valence-electron chi connectivity index (χ4n) is 2.62. The molecule has 0 unspecified atom stereocenters. The third-order valence-electron chi connectivity index (χ3n) is 3.83. The molecule has 0 radical (unpaired) electrons. The van der Waals surface area contributed by atoms with Crippen LogP contribution in [0.5, 0.6) is 0 Å². The van der Waals surface area contributed by atoms with Crippen LogP contribution in [0, 0.1) is 34.6 Å². The number of esters is 1. The summed E-state index contributed by atoms with van der Waals surface area (Å²) in [5.41, 5.74) is -0.484. The largest absolute Gasteiger partial charge is 0.469 e. The van der Waals surface area contributed by atoms with Gasteiger partial charge < -0.3 is 4.74 Å². The standard InChI is InChI=1S/C18H13F4NO2/c1-25-17(24)8-11(18-14(20)3-2-4-15(18)21)12(9-23)10-5-6-13(19)16(22)7-10/h2-7,11-12H,8H2,1H3/t11-,12+/m1/s1. The topological polar surface area (TPSA) is 50.1 Å². The van der Waals surface area contributed by atoms with Gasteiger partial charge in [-0.1, -0.05) is 12.1 Å². The number of rotatable bonds is 5. The van der Waals surface area contributed by atoms with Crippen molar-refractivity contribution in [1.82, 2.24) is 0 Å². The van der Waals surface area contributed by atoms with Gasteiger partial charge in [-0.3, -0.25) is 4.79 Å². The minimum Gasteiger partial charge on any atom is -0.469 e. The maximum Gasteiger partial charge on any atom is 0.306 e. The van der Waals surface area contributed by atoms with E-state index in [0.29, 0.717) is 0 Å². The predicted molar refractivity (Wildman–Crippen MR) is 80.4 cm³/mol. The minimum atomic E-state index is -1.29. The molecule has 0 aliphatic heterocycles. The van der Waals surface area contributed by atoms with Gasteiger partial charge in [0.2, 0.25) is 0 Å². The number of carbonyl (C=O) groups excluding carboxylic acids is 1. The number of methoxy groups -OCH3 is 1. The number of hydrogen-bond donors (Lipinski definition) is 0. The molecule has 0 saturated heterocycles. The van der Waals surface area contributed by atoms with Crippen LogP contribution in [0.25, 0.3) is 0 Å². The Bertz CT molecular complexity index is 812. The van der Waals surface area contributed by atoms with Gasteiger partial charge in [0.05, 0.1) is 25.5 Å². The van der Waals surface area contributed by atoms with E-state index in [-0.39, 0.29) is 5.56 Å². The van der Waals surface area contributed by atoms with Crippen LogP contribution in [-0.2, 0) is 9.53 Å². The number of carbonyl (C=O) groups is 1. The highest BCUT2D eigenvalue weighted by atomic mass is 19.2. The Balaban J connectivity index is 2.58. The zero-order valence-corrected chi connectivity index (χ0v) is 13.1. The van der Waals surface area contributed by atoms with Gasteiger partial charge in [-0.2, -0.15) is 5.26 Å². The molecule has 0 amide bonds. The zero-order valence-electron chi connectivity index (χ0n) is 13.1. The molecule has 0 aliphatic carbocycles. The second-order valence-corrected chi connectivity index (χ2v) is 5.30. The van der Waals surface area contributed by atoms with Gasteiger partial charge in [-0.15, -0.1) is 0 Å². The molecule has 0 saturated carbocycles. The maximum atomic E-state index is 14.2. The first kappa shape index (κ1) is 18.5. The molecule has 2 aromatic rings. The maximum absolute atomic E-state index is 14.2. The molecule has 0 bridgehead atoms. The van der Waals surface area contributed by atoms with Gasteiger partial charge in [-0.05, 0) is 29.8 Å². The van der Waals surface area contributed by atoms with Gasteiger partial charge in [-0.25, -0.2) is 17.6 Å². The highest BCUT2D eigenvalue weighted by Gasteiger charge is 2.32. The predicted octanol–water partition coefficient (Wildman–Crippen LogP) is 4.20. The second kappa shape index (κ2) is 7.79. The Morgan fingerprint density at radius 3 is 2.24 bits per heavy atom. The summed E-state index contributed by atoms with van der Waals surface area (Å²) in [4.78, 5) is 11.7. The molecule has 0 fully saturated rings. The Labute approximate surface area is 141 Å².